The smallest absolute Gasteiger partial charge is 0.269 e. The molecule has 0 bridgehead atoms. The number of nitrogens with zero attached hydrogens (tertiary/aromatic N) is 2. The molecule has 0 aliphatic carbocycles. The van der Waals surface area contributed by atoms with E-state index in [9.17, 15) is 4.79 Å². The van der Waals surface area contributed by atoms with E-state index in [-0.39, 0.29) is 5.91 Å². The number of carbonyl (C=O) groups is 1. The Morgan fingerprint density at radius 2 is 1.95 bits per heavy atom. The molecule has 0 radical (unpaired) electrons. The Morgan fingerprint density at radius 1 is 1.25 bits per heavy atom. The number of pyridine rings is 1. The molecule has 20 heavy (non-hydrogen) atoms. The number of rotatable bonds is 4. The van der Waals surface area contributed by atoms with Gasteiger partial charge in [0.2, 0.25) is 0 Å². The van der Waals surface area contributed by atoms with Crippen molar-refractivity contribution in [1.82, 2.24) is 4.98 Å². The fraction of sp³-hybridized carbons (Fsp3) is 0.143. The summed E-state index contributed by atoms with van der Waals surface area (Å²) in [6.07, 6.45) is 1.51. The fourth-order valence-electron chi connectivity index (χ4n) is 1.63. The van der Waals surface area contributed by atoms with Crippen LogP contribution in [0.15, 0.2) is 42.6 Å². The van der Waals surface area contributed by atoms with E-state index in [0.717, 1.165) is 5.75 Å². The van der Waals surface area contributed by atoms with Gasteiger partial charge in [-0.15, -0.1) is 0 Å². The Morgan fingerprint density at radius 3 is 2.45 bits per heavy atom. The van der Waals surface area contributed by atoms with Crippen LogP contribution in [0.1, 0.15) is 10.4 Å². The number of thiol groups is 1. The number of benzene rings is 1. The van der Waals surface area contributed by atoms with Crippen LogP contribution in [-0.4, -0.2) is 25.0 Å². The molecule has 6 heteroatoms. The molecule has 0 spiro atoms. The predicted molar refractivity (Wildman–Crippen MR) is 82.6 cm³/mol. The molecule has 2 aromatic rings. The second-order valence-corrected chi connectivity index (χ2v) is 4.40. The number of anilines is 2. The van der Waals surface area contributed by atoms with Crippen LogP contribution in [0, 0.1) is 0 Å². The van der Waals surface area contributed by atoms with E-state index < -0.39 is 0 Å². The molecule has 2 rings (SSSR count). The number of methoxy groups -OCH3 is 1. The number of ether oxygens (including phenoxy) is 1. The van der Waals surface area contributed by atoms with Crippen molar-refractivity contribution in [2.24, 2.45) is 0 Å². The standard InChI is InChI=1S/C14H15N3O2S/c1-15-13-8-3-10(9-16-13)14(18)17(20)11-4-6-12(19-2)7-5-11/h3-9,20H,1-2H3,(H,15,16). The Bertz CT molecular complexity index is 584. The molecule has 1 amide bonds. The Hall–Kier alpha value is -2.21. The largest absolute Gasteiger partial charge is 0.497 e. The average Bonchev–Trinajstić information content (AvgIpc) is 2.53. The van der Waals surface area contributed by atoms with E-state index in [2.05, 4.69) is 23.1 Å². The number of nitrogens with one attached hydrogen (secondary N) is 1. The van der Waals surface area contributed by atoms with Gasteiger partial charge in [0.15, 0.2) is 0 Å². The summed E-state index contributed by atoms with van der Waals surface area (Å²) in [7, 11) is 3.36. The lowest BCUT2D eigenvalue weighted by Gasteiger charge is -2.16. The lowest BCUT2D eigenvalue weighted by molar-refractivity contribution is 0.101. The maximum Gasteiger partial charge on any atom is 0.269 e. The zero-order valence-electron chi connectivity index (χ0n) is 11.2. The average molecular weight is 289 g/mol. The summed E-state index contributed by atoms with van der Waals surface area (Å²) in [6, 6.07) is 10.5. The summed E-state index contributed by atoms with van der Waals surface area (Å²) >= 11 is 4.24. The molecule has 0 aliphatic heterocycles. The molecule has 1 heterocycles. The summed E-state index contributed by atoms with van der Waals surface area (Å²) in [5, 5.41) is 2.90. The van der Waals surface area contributed by atoms with Crippen LogP contribution >= 0.6 is 12.8 Å². The topological polar surface area (TPSA) is 54.5 Å². The quantitative estimate of drug-likeness (QED) is 0.850. The van der Waals surface area contributed by atoms with Gasteiger partial charge < -0.3 is 10.1 Å². The van der Waals surface area contributed by atoms with Crippen LogP contribution in [0.2, 0.25) is 0 Å². The monoisotopic (exact) mass is 289 g/mol. The number of hydrogen-bond acceptors (Lipinski definition) is 5. The van der Waals surface area contributed by atoms with Crippen LogP contribution in [0.3, 0.4) is 0 Å². The van der Waals surface area contributed by atoms with Crippen LogP contribution in [0.5, 0.6) is 5.75 Å². The van der Waals surface area contributed by atoms with E-state index in [1.807, 2.05) is 0 Å². The zero-order valence-corrected chi connectivity index (χ0v) is 12.1. The third-order valence-electron chi connectivity index (χ3n) is 2.78. The predicted octanol–water partition coefficient (Wildman–Crippen LogP) is 2.62. The van der Waals surface area contributed by atoms with Crippen LogP contribution in [-0.2, 0) is 0 Å². The zero-order chi connectivity index (χ0) is 14.5. The van der Waals surface area contributed by atoms with Gasteiger partial charge in [-0.05, 0) is 36.4 Å². The molecular formula is C14H15N3O2S. The molecule has 5 nitrogen and oxygen atoms in total. The van der Waals surface area contributed by atoms with Gasteiger partial charge in [0, 0.05) is 13.2 Å². The summed E-state index contributed by atoms with van der Waals surface area (Å²) in [4.78, 5) is 16.4. The summed E-state index contributed by atoms with van der Waals surface area (Å²) in [5.74, 6) is 1.19. The minimum absolute atomic E-state index is 0.242. The van der Waals surface area contributed by atoms with E-state index in [4.69, 9.17) is 4.74 Å². The third kappa shape index (κ3) is 3.03. The van der Waals surface area contributed by atoms with Crippen molar-refractivity contribution in [2.45, 2.75) is 0 Å². The van der Waals surface area contributed by atoms with Gasteiger partial charge in [0.05, 0.1) is 18.4 Å². The van der Waals surface area contributed by atoms with Gasteiger partial charge in [-0.3, -0.25) is 9.10 Å². The molecule has 0 aliphatic rings. The lowest BCUT2D eigenvalue weighted by Crippen LogP contribution is -2.21. The number of aromatic nitrogens is 1. The van der Waals surface area contributed by atoms with Crippen molar-refractivity contribution in [1.29, 1.82) is 0 Å². The van der Waals surface area contributed by atoms with Crippen LogP contribution in [0.4, 0.5) is 11.5 Å². The second-order valence-electron chi connectivity index (χ2n) is 4.00. The Kier molecular flexibility index (Phi) is 4.47. The number of amides is 1. The molecular weight excluding hydrogens is 274 g/mol. The van der Waals surface area contributed by atoms with Crippen LogP contribution in [0.25, 0.3) is 0 Å². The van der Waals surface area contributed by atoms with E-state index in [1.54, 1.807) is 50.6 Å². The number of carbonyl (C=O) groups excluding carboxylic acids is 1. The normalized spacial score (nSPS) is 9.95. The van der Waals surface area contributed by atoms with Crippen molar-refractivity contribution < 1.29 is 9.53 Å². The summed E-state index contributed by atoms with van der Waals surface area (Å²) in [6.45, 7) is 0. The van der Waals surface area contributed by atoms with Crippen LogP contribution < -0.4 is 14.4 Å². The first-order chi connectivity index (χ1) is 9.65. The molecule has 0 saturated heterocycles. The third-order valence-corrected chi connectivity index (χ3v) is 3.19. The highest BCUT2D eigenvalue weighted by Gasteiger charge is 2.15. The molecule has 1 aromatic heterocycles. The maximum absolute atomic E-state index is 12.3. The molecule has 1 aromatic carbocycles. The van der Waals surface area contributed by atoms with Crippen molar-refractivity contribution in [3.05, 3.63) is 48.2 Å². The molecule has 0 saturated carbocycles. The first kappa shape index (κ1) is 14.2. The van der Waals surface area contributed by atoms with Crippen molar-refractivity contribution in [3.8, 4) is 5.75 Å². The second kappa shape index (κ2) is 6.29. The van der Waals surface area contributed by atoms with E-state index >= 15 is 0 Å². The van der Waals surface area contributed by atoms with Gasteiger partial charge >= 0.3 is 0 Å². The minimum Gasteiger partial charge on any atom is -0.497 e. The minimum atomic E-state index is -0.242. The molecule has 104 valence electrons. The summed E-state index contributed by atoms with van der Waals surface area (Å²) in [5.41, 5.74) is 1.13. The highest BCUT2D eigenvalue weighted by atomic mass is 32.1. The number of hydrogen-bond donors (Lipinski definition) is 2. The summed E-state index contributed by atoms with van der Waals surface area (Å²) < 4.78 is 6.35. The van der Waals surface area contributed by atoms with Crippen molar-refractivity contribution in [2.75, 3.05) is 23.8 Å². The van der Waals surface area contributed by atoms with E-state index in [1.165, 1.54) is 10.5 Å². The Labute approximate surface area is 123 Å². The first-order valence-electron chi connectivity index (χ1n) is 5.97. The SMILES string of the molecule is CNc1ccc(C(=O)N(S)c2ccc(OC)cc2)cn1. The molecule has 1 N–H and O–H groups in total. The van der Waals surface area contributed by atoms with Gasteiger partial charge in [0.25, 0.3) is 5.91 Å². The van der Waals surface area contributed by atoms with Crippen molar-refractivity contribution >= 4 is 30.2 Å². The lowest BCUT2D eigenvalue weighted by atomic mass is 10.2. The molecule has 0 atom stereocenters. The van der Waals surface area contributed by atoms with Gasteiger partial charge in [0.1, 0.15) is 11.6 Å². The first-order valence-corrected chi connectivity index (χ1v) is 6.37. The molecule has 0 unspecified atom stereocenters. The fourth-order valence-corrected chi connectivity index (χ4v) is 1.88. The Balaban J connectivity index is 2.17. The van der Waals surface area contributed by atoms with Gasteiger partial charge in [-0.1, -0.05) is 12.8 Å². The molecule has 0 fully saturated rings. The maximum atomic E-state index is 12.3. The van der Waals surface area contributed by atoms with E-state index in [0.29, 0.717) is 17.1 Å². The highest BCUT2D eigenvalue weighted by molar-refractivity contribution is 7.82. The highest BCUT2D eigenvalue weighted by Crippen LogP contribution is 2.22. The van der Waals surface area contributed by atoms with Crippen molar-refractivity contribution in [3.63, 3.8) is 0 Å². The van der Waals surface area contributed by atoms with Gasteiger partial charge in [-0.25, -0.2) is 4.98 Å². The van der Waals surface area contributed by atoms with Gasteiger partial charge in [-0.2, -0.15) is 0 Å².